The zero-order valence-electron chi connectivity index (χ0n) is 8.61. The van der Waals surface area contributed by atoms with Crippen molar-refractivity contribution in [2.45, 2.75) is 18.6 Å². The van der Waals surface area contributed by atoms with E-state index in [9.17, 15) is 9.90 Å². The van der Waals surface area contributed by atoms with Gasteiger partial charge in [0.05, 0.1) is 12.1 Å². The molecule has 0 aliphatic carbocycles. The molecule has 16 heavy (non-hydrogen) atoms. The summed E-state index contributed by atoms with van der Waals surface area (Å²) in [6, 6.07) is 7.34. The largest absolute Gasteiger partial charge is 0.392 e. The number of anilines is 1. The standard InChI is InChI=1S/C11H13IN2O2/c12-7-2-1-3-8(4-7)14-11(16)10-5-9(15)6-13-10/h1-4,9-10,13,15H,5-6H2,(H,14,16). The van der Waals surface area contributed by atoms with Crippen molar-refractivity contribution in [3.63, 3.8) is 0 Å². The second-order valence-electron chi connectivity index (χ2n) is 3.85. The van der Waals surface area contributed by atoms with Crippen LogP contribution in [0.2, 0.25) is 0 Å². The van der Waals surface area contributed by atoms with E-state index >= 15 is 0 Å². The molecule has 1 amide bonds. The number of carbonyl (C=O) groups excluding carboxylic acids is 1. The zero-order chi connectivity index (χ0) is 11.5. The Morgan fingerprint density at radius 3 is 3.00 bits per heavy atom. The van der Waals surface area contributed by atoms with Crippen LogP contribution in [0.25, 0.3) is 0 Å². The SMILES string of the molecule is O=C(Nc1cccc(I)c1)C1CC(O)CN1. The molecule has 3 N–H and O–H groups in total. The highest BCUT2D eigenvalue weighted by molar-refractivity contribution is 14.1. The minimum atomic E-state index is -0.411. The molecule has 86 valence electrons. The summed E-state index contributed by atoms with van der Waals surface area (Å²) in [4.78, 5) is 11.8. The summed E-state index contributed by atoms with van der Waals surface area (Å²) in [6.45, 7) is 0.490. The fraction of sp³-hybridized carbons (Fsp3) is 0.364. The van der Waals surface area contributed by atoms with Crippen molar-refractivity contribution in [3.05, 3.63) is 27.8 Å². The molecule has 5 heteroatoms. The lowest BCUT2D eigenvalue weighted by molar-refractivity contribution is -0.117. The van der Waals surface area contributed by atoms with Crippen LogP contribution in [-0.2, 0) is 4.79 Å². The van der Waals surface area contributed by atoms with Gasteiger partial charge >= 0.3 is 0 Å². The van der Waals surface area contributed by atoms with Crippen molar-refractivity contribution in [2.75, 3.05) is 11.9 Å². The molecule has 1 fully saturated rings. The summed E-state index contributed by atoms with van der Waals surface area (Å²) in [5.41, 5.74) is 0.792. The normalized spacial score (nSPS) is 24.4. The van der Waals surface area contributed by atoms with Crippen molar-refractivity contribution in [2.24, 2.45) is 0 Å². The molecular weight excluding hydrogens is 319 g/mol. The Morgan fingerprint density at radius 1 is 1.56 bits per heavy atom. The van der Waals surface area contributed by atoms with Gasteiger partial charge in [0.1, 0.15) is 0 Å². The van der Waals surface area contributed by atoms with E-state index in [4.69, 9.17) is 0 Å². The molecular formula is C11H13IN2O2. The second-order valence-corrected chi connectivity index (χ2v) is 5.10. The number of aliphatic hydroxyl groups excluding tert-OH is 1. The van der Waals surface area contributed by atoms with E-state index in [0.29, 0.717) is 13.0 Å². The van der Waals surface area contributed by atoms with E-state index in [2.05, 4.69) is 33.2 Å². The summed E-state index contributed by atoms with van der Waals surface area (Å²) >= 11 is 2.20. The Bertz CT molecular complexity index is 397. The van der Waals surface area contributed by atoms with Crippen molar-refractivity contribution in [1.29, 1.82) is 0 Å². The molecule has 2 unspecified atom stereocenters. The van der Waals surface area contributed by atoms with E-state index in [-0.39, 0.29) is 11.9 Å². The van der Waals surface area contributed by atoms with Gasteiger partial charge in [0.2, 0.25) is 5.91 Å². The number of rotatable bonds is 2. The van der Waals surface area contributed by atoms with Crippen molar-refractivity contribution in [1.82, 2.24) is 5.32 Å². The van der Waals surface area contributed by atoms with Crippen LogP contribution < -0.4 is 10.6 Å². The molecule has 1 heterocycles. The van der Waals surface area contributed by atoms with Crippen LogP contribution in [-0.4, -0.2) is 29.7 Å². The van der Waals surface area contributed by atoms with Gasteiger partial charge < -0.3 is 15.7 Å². The summed E-state index contributed by atoms with van der Waals surface area (Å²) in [5.74, 6) is -0.0847. The second kappa shape index (κ2) is 5.11. The van der Waals surface area contributed by atoms with Gasteiger partial charge in [-0.15, -0.1) is 0 Å². The molecule has 0 bridgehead atoms. The lowest BCUT2D eigenvalue weighted by Gasteiger charge is -2.11. The van der Waals surface area contributed by atoms with Crippen LogP contribution in [0.4, 0.5) is 5.69 Å². The van der Waals surface area contributed by atoms with E-state index in [0.717, 1.165) is 9.26 Å². The molecule has 0 aromatic heterocycles. The fourth-order valence-electron chi connectivity index (χ4n) is 1.71. The molecule has 0 saturated carbocycles. The molecule has 1 aromatic rings. The highest BCUT2D eigenvalue weighted by Crippen LogP contribution is 2.14. The van der Waals surface area contributed by atoms with Gasteiger partial charge in [-0.3, -0.25) is 4.79 Å². The van der Waals surface area contributed by atoms with Gasteiger partial charge in [-0.2, -0.15) is 0 Å². The average molecular weight is 332 g/mol. The topological polar surface area (TPSA) is 61.4 Å². The van der Waals surface area contributed by atoms with Crippen molar-refractivity contribution >= 4 is 34.2 Å². The Labute approximate surface area is 108 Å². The van der Waals surface area contributed by atoms with E-state index in [1.165, 1.54) is 0 Å². The number of carbonyl (C=O) groups is 1. The number of hydrogen-bond acceptors (Lipinski definition) is 3. The molecule has 1 aliphatic heterocycles. The lowest BCUT2D eigenvalue weighted by atomic mass is 10.2. The van der Waals surface area contributed by atoms with Crippen LogP contribution >= 0.6 is 22.6 Å². The maximum Gasteiger partial charge on any atom is 0.241 e. The molecule has 1 saturated heterocycles. The van der Waals surface area contributed by atoms with Crippen LogP contribution in [0, 0.1) is 3.57 Å². The quantitative estimate of drug-likeness (QED) is 0.707. The molecule has 0 radical (unpaired) electrons. The minimum absolute atomic E-state index is 0.0847. The first kappa shape index (κ1) is 11.8. The summed E-state index contributed by atoms with van der Waals surface area (Å²) in [6.07, 6.45) is 0.0714. The fourth-order valence-corrected chi connectivity index (χ4v) is 2.26. The number of aliphatic hydroxyl groups is 1. The van der Waals surface area contributed by atoms with Gasteiger partial charge in [0.15, 0.2) is 0 Å². The first-order valence-corrected chi connectivity index (χ1v) is 6.21. The number of hydrogen-bond donors (Lipinski definition) is 3. The van der Waals surface area contributed by atoms with Gasteiger partial charge in [-0.1, -0.05) is 6.07 Å². The third-order valence-electron chi connectivity index (χ3n) is 2.52. The monoisotopic (exact) mass is 332 g/mol. The van der Waals surface area contributed by atoms with Crippen LogP contribution in [0.1, 0.15) is 6.42 Å². The molecule has 1 aromatic carbocycles. The van der Waals surface area contributed by atoms with E-state index in [1.807, 2.05) is 24.3 Å². The Kier molecular flexibility index (Phi) is 3.78. The average Bonchev–Trinajstić information content (AvgIpc) is 2.65. The van der Waals surface area contributed by atoms with Gasteiger partial charge in [0, 0.05) is 15.8 Å². The van der Waals surface area contributed by atoms with Gasteiger partial charge in [0.25, 0.3) is 0 Å². The van der Waals surface area contributed by atoms with Crippen molar-refractivity contribution in [3.8, 4) is 0 Å². The van der Waals surface area contributed by atoms with Crippen LogP contribution in [0.3, 0.4) is 0 Å². The Morgan fingerprint density at radius 2 is 2.38 bits per heavy atom. The number of halogens is 1. The van der Waals surface area contributed by atoms with Gasteiger partial charge in [-0.05, 0) is 47.2 Å². The van der Waals surface area contributed by atoms with Crippen LogP contribution in [0.15, 0.2) is 24.3 Å². The molecule has 1 aliphatic rings. The van der Waals surface area contributed by atoms with Crippen LogP contribution in [0.5, 0.6) is 0 Å². The van der Waals surface area contributed by atoms with Gasteiger partial charge in [-0.25, -0.2) is 0 Å². The third kappa shape index (κ3) is 2.93. The first-order chi connectivity index (χ1) is 7.65. The summed E-state index contributed by atoms with van der Waals surface area (Å²) in [7, 11) is 0. The predicted molar refractivity (Wildman–Crippen MR) is 70.2 cm³/mol. The number of nitrogens with one attached hydrogen (secondary N) is 2. The zero-order valence-corrected chi connectivity index (χ0v) is 10.8. The van der Waals surface area contributed by atoms with E-state index in [1.54, 1.807) is 0 Å². The summed E-state index contributed by atoms with van der Waals surface area (Å²) in [5, 5.41) is 15.1. The summed E-state index contributed by atoms with van der Waals surface area (Å²) < 4.78 is 1.08. The number of β-amino-alcohol motifs (C(OH)–C–C–N with tert-alkyl or cyclic N) is 1. The maximum absolute atomic E-state index is 11.8. The minimum Gasteiger partial charge on any atom is -0.392 e. The number of benzene rings is 1. The lowest BCUT2D eigenvalue weighted by Crippen LogP contribution is -2.35. The molecule has 4 nitrogen and oxygen atoms in total. The third-order valence-corrected chi connectivity index (χ3v) is 3.19. The first-order valence-electron chi connectivity index (χ1n) is 5.13. The molecule has 2 atom stereocenters. The Balaban J connectivity index is 1.97. The highest BCUT2D eigenvalue weighted by atomic mass is 127. The maximum atomic E-state index is 11.8. The van der Waals surface area contributed by atoms with Crippen molar-refractivity contribution < 1.29 is 9.90 Å². The highest BCUT2D eigenvalue weighted by Gasteiger charge is 2.27. The predicted octanol–water partition coefficient (Wildman–Crippen LogP) is 0.952. The van der Waals surface area contributed by atoms with E-state index < -0.39 is 6.10 Å². The Hall–Kier alpha value is -0.660. The number of amides is 1. The molecule has 2 rings (SSSR count). The molecule has 0 spiro atoms. The smallest absolute Gasteiger partial charge is 0.241 e.